The van der Waals surface area contributed by atoms with Gasteiger partial charge in [0.25, 0.3) is 5.91 Å². The number of rotatable bonds is 5. The summed E-state index contributed by atoms with van der Waals surface area (Å²) in [5.41, 5.74) is -0.132. The quantitative estimate of drug-likeness (QED) is 0.590. The summed E-state index contributed by atoms with van der Waals surface area (Å²) in [5, 5.41) is 8.92. The molecule has 2 aromatic carbocycles. The molecule has 6 nitrogen and oxygen atoms in total. The summed E-state index contributed by atoms with van der Waals surface area (Å²) in [5.74, 6) is -0.772. The van der Waals surface area contributed by atoms with Crippen molar-refractivity contribution in [2.45, 2.75) is 55.3 Å². The number of likely N-dealkylation sites (tertiary alicyclic amines) is 1. The molecule has 2 aliphatic heterocycles. The van der Waals surface area contributed by atoms with E-state index in [-0.39, 0.29) is 29.2 Å². The Labute approximate surface area is 194 Å². The van der Waals surface area contributed by atoms with Crippen LogP contribution >= 0.6 is 11.8 Å². The van der Waals surface area contributed by atoms with Gasteiger partial charge in [0.2, 0.25) is 5.91 Å². The summed E-state index contributed by atoms with van der Waals surface area (Å²) >= 11 is 1.44. The van der Waals surface area contributed by atoms with Crippen LogP contribution in [0.4, 0.5) is 24.5 Å². The fourth-order valence-corrected chi connectivity index (χ4v) is 5.73. The van der Waals surface area contributed by atoms with Gasteiger partial charge in [-0.3, -0.25) is 14.5 Å². The van der Waals surface area contributed by atoms with E-state index in [9.17, 15) is 22.8 Å². The van der Waals surface area contributed by atoms with Gasteiger partial charge in [-0.1, -0.05) is 23.9 Å². The van der Waals surface area contributed by atoms with Gasteiger partial charge < -0.3 is 16.0 Å². The largest absolute Gasteiger partial charge is 0.416 e. The number of benzene rings is 2. The molecule has 0 aromatic heterocycles. The average Bonchev–Trinajstić information content (AvgIpc) is 3.03. The van der Waals surface area contributed by atoms with Crippen molar-refractivity contribution in [1.82, 2.24) is 10.2 Å². The van der Waals surface area contributed by atoms with E-state index in [4.69, 9.17) is 0 Å². The molecule has 0 aliphatic carbocycles. The van der Waals surface area contributed by atoms with Crippen LogP contribution in [0.5, 0.6) is 0 Å². The molecule has 1 fully saturated rings. The minimum atomic E-state index is -4.52. The highest BCUT2D eigenvalue weighted by Crippen LogP contribution is 2.51. The number of fused-ring (bicyclic) bond motifs is 1. The molecule has 2 heterocycles. The summed E-state index contributed by atoms with van der Waals surface area (Å²) < 4.78 is 39.1. The Bertz CT molecular complexity index is 1090. The van der Waals surface area contributed by atoms with Gasteiger partial charge in [0.15, 0.2) is 4.99 Å². The molecule has 33 heavy (non-hydrogen) atoms. The van der Waals surface area contributed by atoms with Gasteiger partial charge >= 0.3 is 6.18 Å². The molecule has 10 heteroatoms. The van der Waals surface area contributed by atoms with Crippen molar-refractivity contribution in [3.05, 3.63) is 53.6 Å². The highest BCUT2D eigenvalue weighted by molar-refractivity contribution is 8.01. The number of carbonyl (C=O) groups is 2. The van der Waals surface area contributed by atoms with Crippen LogP contribution in [0.2, 0.25) is 0 Å². The van der Waals surface area contributed by atoms with Crippen molar-refractivity contribution in [2.24, 2.45) is 0 Å². The van der Waals surface area contributed by atoms with Crippen LogP contribution in [-0.4, -0.2) is 40.3 Å². The lowest BCUT2D eigenvalue weighted by atomic mass is 9.96. The smallest absolute Gasteiger partial charge is 0.351 e. The predicted molar refractivity (Wildman–Crippen MR) is 121 cm³/mol. The lowest BCUT2D eigenvalue weighted by molar-refractivity contribution is -0.137. The molecule has 3 N–H and O–H groups in total. The van der Waals surface area contributed by atoms with Crippen LogP contribution in [0.15, 0.2) is 41.3 Å². The minimum absolute atomic E-state index is 0.00603. The van der Waals surface area contributed by atoms with Crippen molar-refractivity contribution in [2.75, 3.05) is 17.2 Å². The number of alkyl halides is 3. The van der Waals surface area contributed by atoms with Crippen molar-refractivity contribution < 1.29 is 22.8 Å². The summed E-state index contributed by atoms with van der Waals surface area (Å²) in [6.45, 7) is 6.53. The third-order valence-corrected chi connectivity index (χ3v) is 7.14. The van der Waals surface area contributed by atoms with Crippen molar-refractivity contribution in [1.29, 1.82) is 0 Å². The van der Waals surface area contributed by atoms with Crippen molar-refractivity contribution >= 4 is 35.0 Å². The van der Waals surface area contributed by atoms with Gasteiger partial charge in [-0.05, 0) is 44.5 Å². The van der Waals surface area contributed by atoms with E-state index >= 15 is 0 Å². The normalized spacial score (nSPS) is 22.3. The van der Waals surface area contributed by atoms with E-state index < -0.39 is 22.6 Å². The number of nitrogens with zero attached hydrogens (tertiary/aromatic N) is 1. The molecular weight excluding hydrogens is 453 g/mol. The number of amides is 2. The summed E-state index contributed by atoms with van der Waals surface area (Å²) in [6.07, 6.45) is -3.66. The fourth-order valence-electron chi connectivity index (χ4n) is 4.24. The van der Waals surface area contributed by atoms with Gasteiger partial charge in [0.05, 0.1) is 22.9 Å². The lowest BCUT2D eigenvalue weighted by Crippen LogP contribution is -2.69. The number of nitrogens with one attached hydrogen (secondary N) is 3. The van der Waals surface area contributed by atoms with Crippen LogP contribution in [0, 0.1) is 6.07 Å². The fraction of sp³-hybridized carbons (Fsp3) is 0.391. The lowest BCUT2D eigenvalue weighted by Gasteiger charge is -2.52. The molecule has 2 amide bonds. The maximum absolute atomic E-state index is 13.0. The number of halogens is 3. The van der Waals surface area contributed by atoms with E-state index in [0.717, 1.165) is 36.1 Å². The summed E-state index contributed by atoms with van der Waals surface area (Å²) in [6, 6.07) is 10.9. The number of hydrogen-bond acceptors (Lipinski definition) is 5. The summed E-state index contributed by atoms with van der Waals surface area (Å²) in [7, 11) is 0. The first-order valence-electron chi connectivity index (χ1n) is 10.5. The van der Waals surface area contributed by atoms with Crippen LogP contribution in [0.3, 0.4) is 0 Å². The molecule has 1 radical (unpaired) electrons. The van der Waals surface area contributed by atoms with E-state index in [1.807, 2.05) is 6.07 Å². The van der Waals surface area contributed by atoms with E-state index in [0.29, 0.717) is 5.69 Å². The zero-order chi connectivity index (χ0) is 24.0. The molecule has 1 saturated heterocycles. The van der Waals surface area contributed by atoms with Crippen molar-refractivity contribution in [3.8, 4) is 0 Å². The highest BCUT2D eigenvalue weighted by atomic mass is 32.2. The van der Waals surface area contributed by atoms with Gasteiger partial charge in [0.1, 0.15) is 0 Å². The van der Waals surface area contributed by atoms with Crippen LogP contribution < -0.4 is 16.0 Å². The average molecular weight is 478 g/mol. The Hall–Kier alpha value is -2.72. The molecule has 175 valence electrons. The maximum Gasteiger partial charge on any atom is 0.416 e. The number of para-hydroxylation sites is 1. The Morgan fingerprint density at radius 1 is 1.30 bits per heavy atom. The monoisotopic (exact) mass is 477 g/mol. The second-order valence-electron chi connectivity index (χ2n) is 8.40. The SMILES string of the molecule is CC(=O)NC1(C2CCN2C(C)C)Nc2c(cccc2C(=O)Nc2[c]ccc(C(F)(F)F)c2)S1. The number of carbonyl (C=O) groups excluding carboxylic acids is 2. The first-order chi connectivity index (χ1) is 15.5. The third-order valence-electron chi connectivity index (χ3n) is 5.78. The molecule has 2 atom stereocenters. The second-order valence-corrected chi connectivity index (χ2v) is 9.69. The zero-order valence-electron chi connectivity index (χ0n) is 18.3. The second kappa shape index (κ2) is 8.57. The number of thioether (sulfide) groups is 1. The molecule has 2 aromatic rings. The van der Waals surface area contributed by atoms with Gasteiger partial charge in [0, 0.05) is 36.2 Å². The van der Waals surface area contributed by atoms with E-state index in [2.05, 4.69) is 40.8 Å². The Kier molecular flexibility index (Phi) is 6.09. The molecule has 0 bridgehead atoms. The number of anilines is 2. The maximum atomic E-state index is 13.0. The van der Waals surface area contributed by atoms with Crippen LogP contribution in [0.25, 0.3) is 0 Å². The Morgan fingerprint density at radius 3 is 2.67 bits per heavy atom. The van der Waals surface area contributed by atoms with Gasteiger partial charge in [-0.25, -0.2) is 0 Å². The topological polar surface area (TPSA) is 73.5 Å². The molecule has 0 spiro atoms. The standard InChI is InChI=1S/C23H24F3N4O2S/c1-13(2)30-11-10-19(30)23(28-14(3)31)29-20-17(8-5-9-18(20)33-23)21(32)27-16-7-4-6-15(12-16)22(24,25)26/h4-6,8-9,12-13,19,29H,10-11H2,1-3H3,(H,27,32)(H,28,31). The molecular formula is C23H24F3N4O2S. The van der Waals surface area contributed by atoms with E-state index in [1.165, 1.54) is 18.7 Å². The Morgan fingerprint density at radius 2 is 2.06 bits per heavy atom. The van der Waals surface area contributed by atoms with Crippen molar-refractivity contribution in [3.63, 3.8) is 0 Å². The van der Waals surface area contributed by atoms with Crippen LogP contribution in [0.1, 0.15) is 43.1 Å². The van der Waals surface area contributed by atoms with Crippen LogP contribution in [-0.2, 0) is 11.0 Å². The minimum Gasteiger partial charge on any atom is -0.351 e. The van der Waals surface area contributed by atoms with E-state index in [1.54, 1.807) is 12.1 Å². The summed E-state index contributed by atoms with van der Waals surface area (Å²) in [4.78, 5) is 27.3. The molecule has 4 rings (SSSR count). The van der Waals surface area contributed by atoms with Gasteiger partial charge in [-0.2, -0.15) is 13.2 Å². The molecule has 2 aliphatic rings. The first-order valence-corrected chi connectivity index (χ1v) is 11.4. The Balaban J connectivity index is 1.62. The molecule has 0 saturated carbocycles. The molecule has 2 unspecified atom stereocenters. The number of hydrogen-bond donors (Lipinski definition) is 3. The first kappa shape index (κ1) is 23.4. The van der Waals surface area contributed by atoms with Gasteiger partial charge in [-0.15, -0.1) is 0 Å². The highest BCUT2D eigenvalue weighted by Gasteiger charge is 2.52. The third kappa shape index (κ3) is 4.54. The zero-order valence-corrected chi connectivity index (χ0v) is 19.2. The predicted octanol–water partition coefficient (Wildman–Crippen LogP) is 4.55.